The first-order chi connectivity index (χ1) is 13.4. The van der Waals surface area contributed by atoms with E-state index in [2.05, 4.69) is 9.47 Å². The zero-order valence-electron chi connectivity index (χ0n) is 15.5. The number of esters is 2. The van der Waals surface area contributed by atoms with E-state index in [4.69, 9.17) is 15.2 Å². The second kappa shape index (κ2) is 9.96. The third kappa shape index (κ3) is 5.73. The summed E-state index contributed by atoms with van der Waals surface area (Å²) in [6.45, 7) is -0.412. The molecule has 0 bridgehead atoms. The van der Waals surface area contributed by atoms with Crippen LogP contribution in [-0.2, 0) is 23.9 Å². The van der Waals surface area contributed by atoms with Gasteiger partial charge in [-0.2, -0.15) is 0 Å². The first-order valence-corrected chi connectivity index (χ1v) is 8.33. The summed E-state index contributed by atoms with van der Waals surface area (Å²) in [5, 5.41) is 0. The molecular weight excluding hydrogens is 366 g/mol. The van der Waals surface area contributed by atoms with Crippen LogP contribution >= 0.6 is 0 Å². The lowest BCUT2D eigenvalue weighted by molar-refractivity contribution is -0.143. The molecule has 8 nitrogen and oxygen atoms in total. The van der Waals surface area contributed by atoms with Gasteiger partial charge in [0.1, 0.15) is 11.5 Å². The molecule has 2 aromatic rings. The van der Waals surface area contributed by atoms with E-state index in [0.717, 1.165) is 0 Å². The second-order valence-corrected chi connectivity index (χ2v) is 5.70. The molecule has 0 radical (unpaired) electrons. The fourth-order valence-electron chi connectivity index (χ4n) is 2.44. The summed E-state index contributed by atoms with van der Waals surface area (Å²) in [7, 11) is 2.55. The van der Waals surface area contributed by atoms with E-state index >= 15 is 0 Å². The van der Waals surface area contributed by atoms with Gasteiger partial charge in [0.15, 0.2) is 13.2 Å². The van der Waals surface area contributed by atoms with Crippen LogP contribution in [0.15, 0.2) is 48.5 Å². The Labute approximate surface area is 162 Å². The van der Waals surface area contributed by atoms with Gasteiger partial charge in [0.2, 0.25) is 5.91 Å². The maximum absolute atomic E-state index is 12.0. The molecule has 8 heteroatoms. The number of ether oxygens (including phenoxy) is 4. The molecule has 0 spiro atoms. The minimum Gasteiger partial charge on any atom is -0.482 e. The lowest BCUT2D eigenvalue weighted by Gasteiger charge is -2.16. The lowest BCUT2D eigenvalue weighted by atomic mass is 9.90. The summed E-state index contributed by atoms with van der Waals surface area (Å²) in [4.78, 5) is 34.3. The molecular formula is C20H21NO7. The Morgan fingerprint density at radius 2 is 1.11 bits per heavy atom. The largest absolute Gasteiger partial charge is 0.482 e. The van der Waals surface area contributed by atoms with Gasteiger partial charge < -0.3 is 24.7 Å². The van der Waals surface area contributed by atoms with Crippen molar-refractivity contribution in [2.45, 2.75) is 5.92 Å². The number of nitrogens with two attached hydrogens (primary N) is 1. The van der Waals surface area contributed by atoms with Gasteiger partial charge in [0.25, 0.3) is 0 Å². The third-order valence-electron chi connectivity index (χ3n) is 3.88. The van der Waals surface area contributed by atoms with E-state index < -0.39 is 23.8 Å². The van der Waals surface area contributed by atoms with Crippen molar-refractivity contribution in [1.82, 2.24) is 0 Å². The van der Waals surface area contributed by atoms with E-state index in [1.54, 1.807) is 48.5 Å². The summed E-state index contributed by atoms with van der Waals surface area (Å²) in [5.74, 6) is -1.26. The zero-order valence-corrected chi connectivity index (χ0v) is 15.5. The summed E-state index contributed by atoms with van der Waals surface area (Å²) in [6, 6.07) is 13.4. The highest BCUT2D eigenvalue weighted by Gasteiger charge is 2.20. The Morgan fingerprint density at radius 1 is 0.750 bits per heavy atom. The van der Waals surface area contributed by atoms with Crippen molar-refractivity contribution in [2.24, 2.45) is 5.73 Å². The quantitative estimate of drug-likeness (QED) is 0.647. The fraction of sp³-hybridized carbons (Fsp3) is 0.250. The molecule has 0 saturated heterocycles. The van der Waals surface area contributed by atoms with Gasteiger partial charge in [-0.25, -0.2) is 9.59 Å². The number of hydrogen-bond donors (Lipinski definition) is 1. The van der Waals surface area contributed by atoms with Gasteiger partial charge in [0, 0.05) is 0 Å². The SMILES string of the molecule is COC(=O)COc1ccc(C(C(N)=O)c2ccc(OCC(=O)OC)cc2)cc1. The molecule has 2 aromatic carbocycles. The fourth-order valence-corrected chi connectivity index (χ4v) is 2.44. The number of amides is 1. The van der Waals surface area contributed by atoms with Crippen LogP contribution in [-0.4, -0.2) is 45.3 Å². The molecule has 1 amide bonds. The molecule has 2 N–H and O–H groups in total. The summed E-state index contributed by atoms with van der Waals surface area (Å²) in [6.07, 6.45) is 0. The number of benzene rings is 2. The highest BCUT2D eigenvalue weighted by atomic mass is 16.6. The van der Waals surface area contributed by atoms with Crippen LogP contribution in [0.4, 0.5) is 0 Å². The highest BCUT2D eigenvalue weighted by Crippen LogP contribution is 2.27. The van der Waals surface area contributed by atoms with Crippen molar-refractivity contribution in [2.75, 3.05) is 27.4 Å². The van der Waals surface area contributed by atoms with Crippen LogP contribution in [0.25, 0.3) is 0 Å². The van der Waals surface area contributed by atoms with Gasteiger partial charge in [-0.3, -0.25) is 4.79 Å². The van der Waals surface area contributed by atoms with Crippen molar-refractivity contribution in [1.29, 1.82) is 0 Å². The molecule has 0 aliphatic rings. The monoisotopic (exact) mass is 387 g/mol. The molecule has 0 aromatic heterocycles. The minimum atomic E-state index is -0.677. The standard InChI is InChI=1S/C20H21NO7/c1-25-17(22)11-27-15-7-3-13(4-8-15)19(20(21)24)14-5-9-16(10-6-14)28-12-18(23)26-2/h3-10,19H,11-12H2,1-2H3,(H2,21,24). The van der Waals surface area contributed by atoms with Crippen LogP contribution in [0.5, 0.6) is 11.5 Å². The van der Waals surface area contributed by atoms with E-state index in [0.29, 0.717) is 22.6 Å². The van der Waals surface area contributed by atoms with Crippen LogP contribution in [0.3, 0.4) is 0 Å². The number of carbonyl (C=O) groups excluding carboxylic acids is 3. The second-order valence-electron chi connectivity index (χ2n) is 5.70. The molecule has 28 heavy (non-hydrogen) atoms. The molecule has 0 aliphatic carbocycles. The van der Waals surface area contributed by atoms with E-state index in [9.17, 15) is 14.4 Å². The summed E-state index contributed by atoms with van der Waals surface area (Å²) < 4.78 is 19.6. The van der Waals surface area contributed by atoms with Crippen molar-refractivity contribution >= 4 is 17.8 Å². The average molecular weight is 387 g/mol. The van der Waals surface area contributed by atoms with Crippen molar-refractivity contribution in [3.05, 3.63) is 59.7 Å². The number of carbonyl (C=O) groups is 3. The third-order valence-corrected chi connectivity index (χ3v) is 3.88. The van der Waals surface area contributed by atoms with Crippen molar-refractivity contribution in [3.63, 3.8) is 0 Å². The predicted molar refractivity (Wildman–Crippen MR) is 98.9 cm³/mol. The lowest BCUT2D eigenvalue weighted by Crippen LogP contribution is -2.22. The van der Waals surface area contributed by atoms with Gasteiger partial charge in [-0.05, 0) is 35.4 Å². The van der Waals surface area contributed by atoms with Gasteiger partial charge in [-0.1, -0.05) is 24.3 Å². The molecule has 0 saturated carbocycles. The Bertz CT molecular complexity index is 752. The first-order valence-electron chi connectivity index (χ1n) is 8.33. The molecule has 148 valence electrons. The maximum atomic E-state index is 12.0. The molecule has 0 atom stereocenters. The van der Waals surface area contributed by atoms with Crippen molar-refractivity contribution in [3.8, 4) is 11.5 Å². The van der Waals surface area contributed by atoms with E-state index in [1.807, 2.05) is 0 Å². The Balaban J connectivity index is 2.11. The Morgan fingerprint density at radius 3 is 1.39 bits per heavy atom. The molecule has 0 aliphatic heterocycles. The van der Waals surface area contributed by atoms with Crippen LogP contribution in [0.1, 0.15) is 17.0 Å². The van der Waals surface area contributed by atoms with E-state index in [1.165, 1.54) is 14.2 Å². The maximum Gasteiger partial charge on any atom is 0.343 e. The van der Waals surface area contributed by atoms with Gasteiger partial charge >= 0.3 is 11.9 Å². The van der Waals surface area contributed by atoms with Gasteiger partial charge in [-0.15, -0.1) is 0 Å². The topological polar surface area (TPSA) is 114 Å². The van der Waals surface area contributed by atoms with Crippen LogP contribution < -0.4 is 15.2 Å². The van der Waals surface area contributed by atoms with E-state index in [-0.39, 0.29) is 13.2 Å². The smallest absolute Gasteiger partial charge is 0.343 e. The zero-order chi connectivity index (χ0) is 20.5. The summed E-state index contributed by atoms with van der Waals surface area (Å²) >= 11 is 0. The Kier molecular flexibility index (Phi) is 7.38. The van der Waals surface area contributed by atoms with Gasteiger partial charge in [0.05, 0.1) is 20.1 Å². The van der Waals surface area contributed by atoms with Crippen LogP contribution in [0, 0.1) is 0 Å². The van der Waals surface area contributed by atoms with Crippen molar-refractivity contribution < 1.29 is 33.3 Å². The molecule has 0 unspecified atom stereocenters. The number of primary amides is 1. The normalized spacial score (nSPS) is 10.2. The Hall–Kier alpha value is -3.55. The van der Waals surface area contributed by atoms with Crippen LogP contribution in [0.2, 0.25) is 0 Å². The average Bonchev–Trinajstić information content (AvgIpc) is 2.71. The predicted octanol–water partition coefficient (Wildman–Crippen LogP) is 1.41. The summed E-state index contributed by atoms with van der Waals surface area (Å²) in [5.41, 5.74) is 6.92. The molecule has 0 heterocycles. The number of methoxy groups -OCH3 is 2. The number of rotatable bonds is 9. The first kappa shape index (κ1) is 20.8. The minimum absolute atomic E-state index is 0.206. The molecule has 2 rings (SSSR count). The number of hydrogen-bond acceptors (Lipinski definition) is 7. The highest BCUT2D eigenvalue weighted by molar-refractivity contribution is 5.85. The molecule has 0 fully saturated rings.